The zero-order valence-corrected chi connectivity index (χ0v) is 23.9. The third-order valence-electron chi connectivity index (χ3n) is 6.48. The van der Waals surface area contributed by atoms with Crippen LogP contribution >= 0.6 is 31.9 Å². The third kappa shape index (κ3) is 5.35. The molecule has 0 radical (unpaired) electrons. The molecule has 1 aromatic heterocycles. The lowest BCUT2D eigenvalue weighted by Gasteiger charge is -2.32. The van der Waals surface area contributed by atoms with Gasteiger partial charge in [-0.25, -0.2) is 4.98 Å². The van der Waals surface area contributed by atoms with E-state index in [1.165, 1.54) is 0 Å². The summed E-state index contributed by atoms with van der Waals surface area (Å²) in [6.45, 7) is 2.39. The summed E-state index contributed by atoms with van der Waals surface area (Å²) in [6.07, 6.45) is 0.563. The maximum absolute atomic E-state index is 14.1. The van der Waals surface area contributed by atoms with Gasteiger partial charge in [0.25, 0.3) is 11.5 Å². The summed E-state index contributed by atoms with van der Waals surface area (Å²) in [5, 5.41) is 0.530. The van der Waals surface area contributed by atoms with Crippen molar-refractivity contribution < 1.29 is 4.79 Å². The van der Waals surface area contributed by atoms with Gasteiger partial charge in [-0.15, -0.1) is 0 Å². The summed E-state index contributed by atoms with van der Waals surface area (Å²) in [4.78, 5) is 34.9. The van der Waals surface area contributed by atoms with Crippen molar-refractivity contribution in [2.45, 2.75) is 25.9 Å². The van der Waals surface area contributed by atoms with Crippen LogP contribution in [-0.4, -0.2) is 20.4 Å². The summed E-state index contributed by atoms with van der Waals surface area (Å²) in [6, 6.07) is 31.7. The Bertz CT molecular complexity index is 1650. The number of nitrogens with zero attached hydrogens (tertiary/aromatic N) is 3. The molecule has 0 aliphatic heterocycles. The second-order valence-electron chi connectivity index (χ2n) is 8.96. The van der Waals surface area contributed by atoms with Crippen molar-refractivity contribution >= 4 is 48.7 Å². The normalized spacial score (nSPS) is 11.9. The van der Waals surface area contributed by atoms with E-state index in [1.54, 1.807) is 10.6 Å². The number of carbonyl (C=O) groups excluding carboxylic acids is 1. The van der Waals surface area contributed by atoms with Crippen molar-refractivity contribution in [3.8, 4) is 5.69 Å². The van der Waals surface area contributed by atoms with Crippen molar-refractivity contribution in [1.82, 2.24) is 14.5 Å². The monoisotopic (exact) mass is 629 g/mol. The smallest absolute Gasteiger partial charge is 0.266 e. The molecule has 0 saturated heterocycles. The molecule has 190 valence electrons. The average Bonchev–Trinajstić information content (AvgIpc) is 2.94. The fourth-order valence-electron chi connectivity index (χ4n) is 4.65. The summed E-state index contributed by atoms with van der Waals surface area (Å²) in [5.41, 5.74) is 2.69. The molecule has 0 saturated carbocycles. The second kappa shape index (κ2) is 11.5. The van der Waals surface area contributed by atoms with Crippen molar-refractivity contribution in [3.05, 3.63) is 139 Å². The number of aromatic nitrogens is 2. The Morgan fingerprint density at radius 3 is 2.29 bits per heavy atom. The Labute approximate surface area is 238 Å². The van der Waals surface area contributed by atoms with E-state index in [0.29, 0.717) is 40.9 Å². The Morgan fingerprint density at radius 1 is 0.868 bits per heavy atom. The third-order valence-corrected chi connectivity index (χ3v) is 7.50. The minimum Gasteiger partial charge on any atom is -0.324 e. The lowest BCUT2D eigenvalue weighted by molar-refractivity contribution is 0.0640. The first kappa shape index (κ1) is 26.1. The van der Waals surface area contributed by atoms with Crippen LogP contribution in [0.1, 0.15) is 41.1 Å². The van der Waals surface area contributed by atoms with Gasteiger partial charge < -0.3 is 4.90 Å². The summed E-state index contributed by atoms with van der Waals surface area (Å²) >= 11 is 6.99. The van der Waals surface area contributed by atoms with Crippen LogP contribution in [0, 0.1) is 0 Å². The van der Waals surface area contributed by atoms with Crippen LogP contribution in [0.5, 0.6) is 0 Å². The predicted octanol–water partition coefficient (Wildman–Crippen LogP) is 7.70. The molecule has 5 nitrogen and oxygen atoms in total. The maximum atomic E-state index is 14.1. The second-order valence-corrected chi connectivity index (χ2v) is 10.8. The summed E-state index contributed by atoms with van der Waals surface area (Å²) in [5.74, 6) is 0.393. The van der Waals surface area contributed by atoms with Gasteiger partial charge in [0.05, 0.1) is 22.6 Å². The summed E-state index contributed by atoms with van der Waals surface area (Å²) in [7, 11) is 0. The highest BCUT2D eigenvalue weighted by molar-refractivity contribution is 9.10. The molecular formula is C31H25Br2N3O2. The number of fused-ring (bicyclic) bond motifs is 1. The molecule has 1 amide bonds. The molecule has 0 bridgehead atoms. The molecule has 5 rings (SSSR count). The van der Waals surface area contributed by atoms with Gasteiger partial charge in [-0.05, 0) is 66.6 Å². The first-order valence-electron chi connectivity index (χ1n) is 12.3. The maximum Gasteiger partial charge on any atom is 0.266 e. The van der Waals surface area contributed by atoms with E-state index in [2.05, 4.69) is 31.9 Å². The predicted molar refractivity (Wildman–Crippen MR) is 159 cm³/mol. The van der Waals surface area contributed by atoms with E-state index in [9.17, 15) is 9.59 Å². The van der Waals surface area contributed by atoms with Crippen molar-refractivity contribution in [1.29, 1.82) is 0 Å². The first-order chi connectivity index (χ1) is 18.5. The zero-order chi connectivity index (χ0) is 26.6. The fourth-order valence-corrected chi connectivity index (χ4v) is 5.31. The quantitative estimate of drug-likeness (QED) is 0.185. The first-order valence-corrected chi connectivity index (χ1v) is 13.9. The van der Waals surface area contributed by atoms with Gasteiger partial charge in [-0.3, -0.25) is 14.2 Å². The SMILES string of the molecule is CCC(c1nc2ccccc2c(=O)n1-c1ccc(Br)cc1)N(Cc1ccccc1)C(=O)c1cccc(Br)c1. The molecule has 38 heavy (non-hydrogen) atoms. The molecule has 4 aromatic carbocycles. The summed E-state index contributed by atoms with van der Waals surface area (Å²) < 4.78 is 3.38. The number of amides is 1. The number of rotatable bonds is 7. The molecule has 7 heteroatoms. The van der Waals surface area contributed by atoms with E-state index in [-0.39, 0.29) is 11.5 Å². The largest absolute Gasteiger partial charge is 0.324 e. The molecule has 0 fully saturated rings. The standard InChI is InChI=1S/C31H25Br2N3O2/c1-2-28(35(20-21-9-4-3-5-10-21)30(37)22-11-8-12-24(33)19-22)29-34-27-14-7-6-13-26(27)31(38)36(29)25-17-15-23(32)16-18-25/h3-19,28H,2,20H2,1H3. The minimum absolute atomic E-state index is 0.133. The van der Waals surface area contributed by atoms with Gasteiger partial charge in [0, 0.05) is 21.1 Å². The fraction of sp³-hybridized carbons (Fsp3) is 0.129. The molecule has 5 aromatic rings. The van der Waals surface area contributed by atoms with Gasteiger partial charge in [0.15, 0.2) is 0 Å². The van der Waals surface area contributed by atoms with Crippen LogP contribution < -0.4 is 5.56 Å². The molecule has 1 atom stereocenters. The Kier molecular flexibility index (Phi) is 7.86. The van der Waals surface area contributed by atoms with Crippen LogP contribution in [0.25, 0.3) is 16.6 Å². The molecule has 0 spiro atoms. The lowest BCUT2D eigenvalue weighted by atomic mass is 10.1. The number of benzene rings is 4. The highest BCUT2D eigenvalue weighted by atomic mass is 79.9. The van der Waals surface area contributed by atoms with E-state index in [1.807, 2.05) is 109 Å². The van der Waals surface area contributed by atoms with Crippen LogP contribution in [0.4, 0.5) is 0 Å². The molecular weight excluding hydrogens is 606 g/mol. The number of halogens is 2. The highest BCUT2D eigenvalue weighted by Gasteiger charge is 2.30. The number of hydrogen-bond donors (Lipinski definition) is 0. The van der Waals surface area contributed by atoms with Crippen molar-refractivity contribution in [2.75, 3.05) is 0 Å². The van der Waals surface area contributed by atoms with Crippen molar-refractivity contribution in [2.24, 2.45) is 0 Å². The van der Waals surface area contributed by atoms with E-state index in [0.717, 1.165) is 14.5 Å². The van der Waals surface area contributed by atoms with E-state index >= 15 is 0 Å². The van der Waals surface area contributed by atoms with Crippen LogP contribution in [-0.2, 0) is 6.54 Å². The van der Waals surface area contributed by atoms with Crippen molar-refractivity contribution in [3.63, 3.8) is 0 Å². The average molecular weight is 631 g/mol. The lowest BCUT2D eigenvalue weighted by Crippen LogP contribution is -2.38. The number of carbonyl (C=O) groups is 1. The van der Waals surface area contributed by atoms with Gasteiger partial charge in [0.2, 0.25) is 0 Å². The Hall–Kier alpha value is -3.55. The Balaban J connectivity index is 1.73. The molecule has 0 aliphatic rings. The van der Waals surface area contributed by atoms with E-state index in [4.69, 9.17) is 4.98 Å². The Morgan fingerprint density at radius 2 is 1.58 bits per heavy atom. The molecule has 0 N–H and O–H groups in total. The molecule has 0 aliphatic carbocycles. The number of hydrogen-bond acceptors (Lipinski definition) is 3. The molecule has 1 heterocycles. The van der Waals surface area contributed by atoms with Gasteiger partial charge in [-0.2, -0.15) is 0 Å². The topological polar surface area (TPSA) is 55.2 Å². The van der Waals surface area contributed by atoms with Crippen LogP contribution in [0.3, 0.4) is 0 Å². The highest BCUT2D eigenvalue weighted by Crippen LogP contribution is 2.30. The van der Waals surface area contributed by atoms with Gasteiger partial charge >= 0.3 is 0 Å². The van der Waals surface area contributed by atoms with Crippen LogP contribution in [0.2, 0.25) is 0 Å². The van der Waals surface area contributed by atoms with E-state index < -0.39 is 6.04 Å². The molecule has 1 unspecified atom stereocenters. The van der Waals surface area contributed by atoms with Gasteiger partial charge in [0.1, 0.15) is 5.82 Å². The van der Waals surface area contributed by atoms with Gasteiger partial charge in [-0.1, -0.05) is 87.3 Å². The number of para-hydroxylation sites is 1. The zero-order valence-electron chi connectivity index (χ0n) is 20.7. The van der Waals surface area contributed by atoms with Crippen LogP contribution in [0.15, 0.2) is 117 Å². The minimum atomic E-state index is -0.470.